The molecule has 0 aliphatic heterocycles. The lowest BCUT2D eigenvalue weighted by molar-refractivity contribution is -0.213. The van der Waals surface area contributed by atoms with Gasteiger partial charge in [0.15, 0.2) is 15.6 Å². The van der Waals surface area contributed by atoms with E-state index in [2.05, 4.69) is 0 Å². The van der Waals surface area contributed by atoms with E-state index in [0.717, 1.165) is 0 Å². The molecule has 4 rings (SSSR count). The van der Waals surface area contributed by atoms with Crippen molar-refractivity contribution in [2.75, 3.05) is 0 Å². The number of hydrogen-bond acceptors (Lipinski definition) is 7. The van der Waals surface area contributed by atoms with Gasteiger partial charge in [0, 0.05) is 5.92 Å². The molecule has 0 amide bonds. The highest BCUT2D eigenvalue weighted by Gasteiger charge is 2.65. The van der Waals surface area contributed by atoms with E-state index >= 15 is 4.79 Å². The van der Waals surface area contributed by atoms with Crippen LogP contribution in [0.4, 0.5) is 0 Å². The van der Waals surface area contributed by atoms with Crippen LogP contribution in [0.25, 0.3) is 11.1 Å². The summed E-state index contributed by atoms with van der Waals surface area (Å²) < 4.78 is 40.8. The molecule has 3 aromatic rings. The monoisotopic (exact) mass is 672 g/mol. The van der Waals surface area contributed by atoms with Crippen molar-refractivity contribution in [1.29, 1.82) is 0 Å². The molecule has 0 heterocycles. The lowest BCUT2D eigenvalue weighted by atomic mass is 9.66. The van der Waals surface area contributed by atoms with E-state index in [9.17, 15) is 18.0 Å². The highest BCUT2D eigenvalue weighted by atomic mass is 32.2. The fraction of sp³-hybridized carbons (Fsp3) is 0.425. The maximum absolute atomic E-state index is 15.6. The lowest BCUT2D eigenvalue weighted by Crippen LogP contribution is -2.50. The zero-order valence-electron chi connectivity index (χ0n) is 29.7. The number of carbonyl (C=O) groups excluding carboxylic acids is 3. The summed E-state index contributed by atoms with van der Waals surface area (Å²) in [5.74, 6) is -2.53. The molecule has 48 heavy (non-hydrogen) atoms. The topological polar surface area (TPSA) is 104 Å². The predicted octanol–water partition coefficient (Wildman–Crippen LogP) is 8.20. The van der Waals surface area contributed by atoms with Gasteiger partial charge in [0.25, 0.3) is 6.29 Å². The van der Waals surface area contributed by atoms with E-state index in [0.29, 0.717) is 22.3 Å². The van der Waals surface area contributed by atoms with Gasteiger partial charge in [-0.2, -0.15) is 0 Å². The van der Waals surface area contributed by atoms with Gasteiger partial charge in [-0.05, 0) is 96.7 Å². The van der Waals surface area contributed by atoms with Crippen molar-refractivity contribution >= 4 is 38.7 Å². The quantitative estimate of drug-likeness (QED) is 0.167. The normalized spacial score (nSPS) is 21.6. The lowest BCUT2D eigenvalue weighted by Gasteiger charge is -2.40. The molecule has 0 aromatic heterocycles. The minimum atomic E-state index is -4.06. The maximum Gasteiger partial charge on any atom is 0.314 e. The number of sulfone groups is 1. The molecule has 0 spiro atoms. The van der Waals surface area contributed by atoms with Crippen molar-refractivity contribution in [1.82, 2.24) is 0 Å². The van der Waals surface area contributed by atoms with E-state index in [4.69, 9.17) is 9.47 Å². The summed E-state index contributed by atoms with van der Waals surface area (Å²) in [6.45, 7) is 16.9. The van der Waals surface area contributed by atoms with Crippen molar-refractivity contribution in [3.05, 3.63) is 102 Å². The molecule has 0 saturated carbocycles. The Morgan fingerprint density at radius 1 is 0.625 bits per heavy atom. The molecule has 4 unspecified atom stereocenters. The van der Waals surface area contributed by atoms with Gasteiger partial charge < -0.3 is 9.47 Å². The smallest absolute Gasteiger partial charge is 0.314 e. The number of esters is 2. The van der Waals surface area contributed by atoms with Gasteiger partial charge in [-0.1, -0.05) is 85.8 Å². The summed E-state index contributed by atoms with van der Waals surface area (Å²) in [6.07, 6.45) is -1.46. The van der Waals surface area contributed by atoms with Gasteiger partial charge in [0.1, 0.15) is 0 Å². The number of carbonyl (C=O) groups is 3. The van der Waals surface area contributed by atoms with Crippen LogP contribution in [0.5, 0.6) is 0 Å². The first-order valence-corrected chi connectivity index (χ1v) is 17.9. The Morgan fingerprint density at radius 3 is 1.35 bits per heavy atom. The fourth-order valence-electron chi connectivity index (χ4n) is 6.40. The van der Waals surface area contributed by atoms with Crippen LogP contribution in [0.2, 0.25) is 0 Å². The van der Waals surface area contributed by atoms with E-state index in [1.807, 2.05) is 60.7 Å². The standard InChI is InChI=1S/C40H48O7S/c1-26(33(46-35(42)37(3,4)5)47-36(43)38(6,7)8)39(9)31(28-20-14-11-15-21-28)32(29-22-16-12-17-23-29)40(10,34(39)41)27(2)48(44,45)30-24-18-13-19-25-30/h11-27,33H,1-10H3. The van der Waals surface area contributed by atoms with Gasteiger partial charge >= 0.3 is 11.9 Å². The largest absolute Gasteiger partial charge is 0.424 e. The van der Waals surface area contributed by atoms with Crippen molar-refractivity contribution in [3.8, 4) is 0 Å². The minimum absolute atomic E-state index is 0.109. The number of ether oxygens (including phenoxy) is 2. The van der Waals surface area contributed by atoms with Crippen LogP contribution in [-0.2, 0) is 33.7 Å². The summed E-state index contributed by atoms with van der Waals surface area (Å²) >= 11 is 0. The number of benzene rings is 3. The van der Waals surface area contributed by atoms with Gasteiger partial charge in [-0.15, -0.1) is 0 Å². The van der Waals surface area contributed by atoms with Crippen LogP contribution in [0.1, 0.15) is 80.4 Å². The molecule has 3 aromatic carbocycles. The van der Waals surface area contributed by atoms with E-state index in [1.54, 1.807) is 87.4 Å². The molecule has 0 N–H and O–H groups in total. The van der Waals surface area contributed by atoms with E-state index in [1.165, 1.54) is 12.1 Å². The van der Waals surface area contributed by atoms with Crippen LogP contribution in [0.3, 0.4) is 0 Å². The van der Waals surface area contributed by atoms with Crippen molar-refractivity contribution in [2.45, 2.75) is 85.7 Å². The summed E-state index contributed by atoms with van der Waals surface area (Å²) in [5.41, 5.74) is -2.42. The third kappa shape index (κ3) is 6.51. The maximum atomic E-state index is 15.6. The second kappa shape index (κ2) is 13.1. The number of rotatable bonds is 9. The fourth-order valence-corrected chi connectivity index (χ4v) is 8.19. The Bertz CT molecular complexity index is 1770. The highest BCUT2D eigenvalue weighted by Crippen LogP contribution is 2.63. The second-order valence-corrected chi connectivity index (χ2v) is 17.5. The summed E-state index contributed by atoms with van der Waals surface area (Å²) in [7, 11) is -4.06. The Kier molecular flexibility index (Phi) is 10.0. The molecule has 0 fully saturated rings. The van der Waals surface area contributed by atoms with Gasteiger partial charge in [-0.3, -0.25) is 14.4 Å². The number of Topliss-reactive ketones (excluding diaryl/α,β-unsaturated/α-hetero) is 1. The average Bonchev–Trinajstić information content (AvgIpc) is 3.23. The first-order chi connectivity index (χ1) is 22.2. The molecule has 4 atom stereocenters. The van der Waals surface area contributed by atoms with Crippen LogP contribution < -0.4 is 0 Å². The number of hydrogen-bond donors (Lipinski definition) is 0. The first-order valence-electron chi connectivity index (χ1n) is 16.3. The van der Waals surface area contributed by atoms with Crippen LogP contribution in [0.15, 0.2) is 95.9 Å². The molecule has 0 radical (unpaired) electrons. The Hall–Kier alpha value is -4.04. The Morgan fingerprint density at radius 2 is 0.979 bits per heavy atom. The molecule has 1 aliphatic rings. The zero-order chi connectivity index (χ0) is 35.9. The molecular weight excluding hydrogens is 625 g/mol. The number of allylic oxidation sites excluding steroid dienone is 2. The third-order valence-electron chi connectivity index (χ3n) is 9.70. The third-order valence-corrected chi connectivity index (χ3v) is 12.0. The van der Waals surface area contributed by atoms with Crippen molar-refractivity contribution in [2.24, 2.45) is 27.6 Å². The molecule has 0 bridgehead atoms. The zero-order valence-corrected chi connectivity index (χ0v) is 30.5. The number of ketones is 1. The molecular formula is C40H48O7S. The molecule has 1 aliphatic carbocycles. The SMILES string of the molecule is CC(C(OC(=O)C(C)(C)C)OC(=O)C(C)(C)C)C1(C)C(=O)C(C)(C(C)S(=O)(=O)c2ccccc2)C(c2ccccc2)=C1c1ccccc1. The van der Waals surface area contributed by atoms with E-state index < -0.39 is 60.9 Å². The minimum Gasteiger partial charge on any atom is -0.424 e. The average molecular weight is 673 g/mol. The van der Waals surface area contributed by atoms with Crippen LogP contribution >= 0.6 is 0 Å². The predicted molar refractivity (Wildman–Crippen MR) is 188 cm³/mol. The highest BCUT2D eigenvalue weighted by molar-refractivity contribution is 7.92. The Balaban J connectivity index is 2.08. The summed E-state index contributed by atoms with van der Waals surface area (Å²) in [6, 6.07) is 26.8. The van der Waals surface area contributed by atoms with E-state index in [-0.39, 0.29) is 10.7 Å². The van der Waals surface area contributed by atoms with Crippen LogP contribution in [0, 0.1) is 27.6 Å². The molecule has 0 saturated heterocycles. The second-order valence-electron chi connectivity index (χ2n) is 15.2. The van der Waals surface area contributed by atoms with Crippen molar-refractivity contribution in [3.63, 3.8) is 0 Å². The van der Waals surface area contributed by atoms with Crippen molar-refractivity contribution < 1.29 is 32.3 Å². The first kappa shape index (κ1) is 36.8. The molecule has 8 heteroatoms. The Labute approximate surface area is 285 Å². The summed E-state index contributed by atoms with van der Waals surface area (Å²) in [5, 5.41) is -1.21. The van der Waals surface area contributed by atoms with Crippen LogP contribution in [-0.4, -0.2) is 37.7 Å². The molecule has 7 nitrogen and oxygen atoms in total. The molecule has 256 valence electrons. The summed E-state index contributed by atoms with van der Waals surface area (Å²) in [4.78, 5) is 42.4. The van der Waals surface area contributed by atoms with Gasteiger partial charge in [0.2, 0.25) is 0 Å². The van der Waals surface area contributed by atoms with Gasteiger partial charge in [0.05, 0.1) is 31.8 Å². The van der Waals surface area contributed by atoms with Gasteiger partial charge in [-0.25, -0.2) is 8.42 Å².